The summed E-state index contributed by atoms with van der Waals surface area (Å²) >= 11 is 0. The van der Waals surface area contributed by atoms with Crippen molar-refractivity contribution in [2.24, 2.45) is 0 Å². The molecule has 1 atom stereocenters. The van der Waals surface area contributed by atoms with Crippen molar-refractivity contribution in [1.29, 1.82) is 0 Å². The molecule has 0 radical (unpaired) electrons. The van der Waals surface area contributed by atoms with Crippen LogP contribution in [0.5, 0.6) is 0 Å². The number of H-pyrrole nitrogens is 1. The first-order chi connectivity index (χ1) is 10.6. The molecule has 0 saturated carbocycles. The molecule has 0 saturated heterocycles. The van der Waals surface area contributed by atoms with E-state index >= 15 is 0 Å². The standard InChI is InChI=1S/C17H17N3O2/c1-11(21)12-7-9-14(10-8-12)20-17(22)15(18)16(19-20)13-5-3-2-4-6-13/h2-11,19,21H,18H2,1H3. The van der Waals surface area contributed by atoms with Crippen molar-refractivity contribution >= 4 is 5.69 Å². The number of aliphatic hydroxyl groups is 1. The Labute approximate surface area is 127 Å². The van der Waals surface area contributed by atoms with Gasteiger partial charge in [-0.15, -0.1) is 0 Å². The van der Waals surface area contributed by atoms with E-state index < -0.39 is 6.10 Å². The predicted octanol–water partition coefficient (Wildman–Crippen LogP) is 2.47. The van der Waals surface area contributed by atoms with E-state index in [1.54, 1.807) is 31.2 Å². The lowest BCUT2D eigenvalue weighted by molar-refractivity contribution is 0.199. The highest BCUT2D eigenvalue weighted by molar-refractivity contribution is 5.72. The highest BCUT2D eigenvalue weighted by Crippen LogP contribution is 2.22. The van der Waals surface area contributed by atoms with Gasteiger partial charge in [0.2, 0.25) is 0 Å². The van der Waals surface area contributed by atoms with Crippen LogP contribution in [0, 0.1) is 0 Å². The third kappa shape index (κ3) is 2.42. The second-order valence-electron chi connectivity index (χ2n) is 5.17. The van der Waals surface area contributed by atoms with Gasteiger partial charge in [-0.1, -0.05) is 42.5 Å². The molecule has 0 aliphatic carbocycles. The average Bonchev–Trinajstić information content (AvgIpc) is 2.84. The molecule has 1 aromatic heterocycles. The van der Waals surface area contributed by atoms with E-state index in [1.807, 2.05) is 30.3 Å². The van der Waals surface area contributed by atoms with E-state index in [1.165, 1.54) is 4.68 Å². The normalized spacial score (nSPS) is 12.3. The first-order valence-electron chi connectivity index (χ1n) is 7.02. The number of rotatable bonds is 3. The lowest BCUT2D eigenvalue weighted by Gasteiger charge is -2.06. The fraction of sp³-hybridized carbons (Fsp3) is 0.118. The fourth-order valence-corrected chi connectivity index (χ4v) is 2.36. The van der Waals surface area contributed by atoms with Crippen LogP contribution in [0.2, 0.25) is 0 Å². The topological polar surface area (TPSA) is 84.0 Å². The summed E-state index contributed by atoms with van der Waals surface area (Å²) in [4.78, 5) is 12.3. The molecule has 0 bridgehead atoms. The van der Waals surface area contributed by atoms with E-state index in [0.717, 1.165) is 11.1 Å². The summed E-state index contributed by atoms with van der Waals surface area (Å²) in [5.41, 5.74) is 8.76. The third-order valence-corrected chi connectivity index (χ3v) is 3.62. The quantitative estimate of drug-likeness (QED) is 0.694. The number of hydrogen-bond acceptors (Lipinski definition) is 3. The Bertz CT molecular complexity index is 831. The number of nitrogens with one attached hydrogen (secondary N) is 1. The molecule has 3 rings (SSSR count). The Morgan fingerprint density at radius 3 is 2.32 bits per heavy atom. The van der Waals surface area contributed by atoms with Gasteiger partial charge in [-0.25, -0.2) is 4.68 Å². The van der Waals surface area contributed by atoms with E-state index in [0.29, 0.717) is 11.4 Å². The van der Waals surface area contributed by atoms with Gasteiger partial charge in [0.1, 0.15) is 5.69 Å². The lowest BCUT2D eigenvalue weighted by Crippen LogP contribution is -2.16. The van der Waals surface area contributed by atoms with Crippen LogP contribution in [0.1, 0.15) is 18.6 Å². The summed E-state index contributed by atoms with van der Waals surface area (Å²) in [5.74, 6) is 0. The Balaban J connectivity index is 2.07. The van der Waals surface area contributed by atoms with E-state index in [4.69, 9.17) is 5.73 Å². The van der Waals surface area contributed by atoms with Crippen molar-refractivity contribution in [1.82, 2.24) is 9.78 Å². The van der Waals surface area contributed by atoms with Crippen molar-refractivity contribution in [3.63, 3.8) is 0 Å². The summed E-state index contributed by atoms with van der Waals surface area (Å²) in [7, 11) is 0. The van der Waals surface area contributed by atoms with Crippen LogP contribution in [0.15, 0.2) is 59.4 Å². The summed E-state index contributed by atoms with van der Waals surface area (Å²) in [5, 5.41) is 12.6. The van der Waals surface area contributed by atoms with Crippen molar-refractivity contribution in [3.05, 3.63) is 70.5 Å². The highest BCUT2D eigenvalue weighted by Gasteiger charge is 2.13. The second kappa shape index (κ2) is 5.54. The first-order valence-corrected chi connectivity index (χ1v) is 7.02. The Kier molecular flexibility index (Phi) is 3.56. The lowest BCUT2D eigenvalue weighted by atomic mass is 10.1. The van der Waals surface area contributed by atoms with Crippen molar-refractivity contribution in [2.75, 3.05) is 5.73 Å². The molecule has 2 aromatic carbocycles. The van der Waals surface area contributed by atoms with Crippen LogP contribution in [0.4, 0.5) is 5.69 Å². The minimum atomic E-state index is -0.542. The molecule has 0 fully saturated rings. The molecule has 112 valence electrons. The maximum absolute atomic E-state index is 12.3. The number of anilines is 1. The van der Waals surface area contributed by atoms with Crippen LogP contribution in [-0.2, 0) is 0 Å². The van der Waals surface area contributed by atoms with Gasteiger partial charge in [-0.05, 0) is 24.6 Å². The maximum Gasteiger partial charge on any atom is 0.295 e. The molecular formula is C17H17N3O2. The largest absolute Gasteiger partial charge is 0.392 e. The van der Waals surface area contributed by atoms with Crippen molar-refractivity contribution < 1.29 is 5.11 Å². The molecule has 0 amide bonds. The van der Waals surface area contributed by atoms with Gasteiger partial charge >= 0.3 is 0 Å². The van der Waals surface area contributed by atoms with Crippen LogP contribution in [-0.4, -0.2) is 14.9 Å². The second-order valence-corrected chi connectivity index (χ2v) is 5.17. The van der Waals surface area contributed by atoms with E-state index in [2.05, 4.69) is 5.10 Å². The zero-order valence-corrected chi connectivity index (χ0v) is 12.2. The molecule has 1 heterocycles. The van der Waals surface area contributed by atoms with Crippen LogP contribution < -0.4 is 11.3 Å². The number of nitrogens with zero attached hydrogens (tertiary/aromatic N) is 1. The van der Waals surface area contributed by atoms with Gasteiger partial charge in [0.25, 0.3) is 5.56 Å². The average molecular weight is 295 g/mol. The molecule has 3 aromatic rings. The minimum Gasteiger partial charge on any atom is -0.392 e. The molecule has 5 heteroatoms. The minimum absolute atomic E-state index is 0.186. The number of nitrogen functional groups attached to an aromatic ring is 1. The molecule has 0 spiro atoms. The number of nitrogens with two attached hydrogens (primary N) is 1. The van der Waals surface area contributed by atoms with E-state index in [-0.39, 0.29) is 11.2 Å². The number of aromatic nitrogens is 2. The smallest absolute Gasteiger partial charge is 0.295 e. The highest BCUT2D eigenvalue weighted by atomic mass is 16.3. The molecular weight excluding hydrogens is 278 g/mol. The monoisotopic (exact) mass is 295 g/mol. The van der Waals surface area contributed by atoms with Crippen molar-refractivity contribution in [3.8, 4) is 16.9 Å². The fourth-order valence-electron chi connectivity index (χ4n) is 2.36. The molecule has 1 unspecified atom stereocenters. The predicted molar refractivity (Wildman–Crippen MR) is 86.9 cm³/mol. The summed E-state index contributed by atoms with van der Waals surface area (Å²) in [6.07, 6.45) is -0.542. The van der Waals surface area contributed by atoms with Gasteiger partial charge in [0.15, 0.2) is 0 Å². The SMILES string of the molecule is CC(O)c1ccc(-n2[nH]c(-c3ccccc3)c(N)c2=O)cc1. The van der Waals surface area contributed by atoms with Crippen LogP contribution in [0.3, 0.4) is 0 Å². The first kappa shape index (κ1) is 14.2. The number of hydrogen-bond donors (Lipinski definition) is 3. The molecule has 5 nitrogen and oxygen atoms in total. The Morgan fingerprint density at radius 1 is 1.09 bits per heavy atom. The maximum atomic E-state index is 12.3. The van der Waals surface area contributed by atoms with Gasteiger partial charge in [0.05, 0.1) is 17.5 Å². The number of aromatic amines is 1. The molecule has 22 heavy (non-hydrogen) atoms. The van der Waals surface area contributed by atoms with Gasteiger partial charge in [-0.3, -0.25) is 9.89 Å². The number of aliphatic hydroxyl groups excluding tert-OH is 1. The number of benzene rings is 2. The molecule has 0 aliphatic rings. The van der Waals surface area contributed by atoms with Gasteiger partial charge in [-0.2, -0.15) is 0 Å². The summed E-state index contributed by atoms with van der Waals surface area (Å²) in [6.45, 7) is 1.70. The summed E-state index contributed by atoms with van der Waals surface area (Å²) in [6, 6.07) is 16.6. The van der Waals surface area contributed by atoms with Gasteiger partial charge < -0.3 is 10.8 Å². The molecule has 4 N–H and O–H groups in total. The van der Waals surface area contributed by atoms with Crippen LogP contribution in [0.25, 0.3) is 16.9 Å². The van der Waals surface area contributed by atoms with Gasteiger partial charge in [0, 0.05) is 5.56 Å². The Morgan fingerprint density at radius 2 is 1.73 bits per heavy atom. The van der Waals surface area contributed by atoms with E-state index in [9.17, 15) is 9.90 Å². The Hall–Kier alpha value is -2.79. The zero-order valence-electron chi connectivity index (χ0n) is 12.2. The van der Waals surface area contributed by atoms with Crippen LogP contribution >= 0.6 is 0 Å². The molecule has 0 aliphatic heterocycles. The third-order valence-electron chi connectivity index (χ3n) is 3.62. The van der Waals surface area contributed by atoms with Crippen molar-refractivity contribution in [2.45, 2.75) is 13.0 Å². The zero-order chi connectivity index (χ0) is 15.7. The summed E-state index contributed by atoms with van der Waals surface area (Å²) < 4.78 is 1.41.